The van der Waals surface area contributed by atoms with Crippen molar-refractivity contribution in [1.82, 2.24) is 10.2 Å². The summed E-state index contributed by atoms with van der Waals surface area (Å²) in [7, 11) is -1.98. The maximum Gasteiger partial charge on any atom is 0.193 e. The Morgan fingerprint density at radius 2 is 2.08 bits per heavy atom. The predicted octanol–water partition coefficient (Wildman–Crippen LogP) is 2.62. The van der Waals surface area contributed by atoms with E-state index in [1.807, 2.05) is 11.8 Å². The Bertz CT molecular complexity index is 711. The summed E-state index contributed by atoms with van der Waals surface area (Å²) in [5.41, 5.74) is 0. The maximum absolute atomic E-state index is 13.7. The summed E-state index contributed by atoms with van der Waals surface area (Å²) in [6.45, 7) is 6.26. The van der Waals surface area contributed by atoms with Gasteiger partial charge in [-0.2, -0.15) is 11.8 Å². The SMILES string of the molecule is CN=C(NCCS(=O)(=O)c1ccccc1F)N1CCSC(C)(C)C1.I. The molecule has 0 atom stereocenters. The van der Waals surface area contributed by atoms with Crippen molar-refractivity contribution in [2.45, 2.75) is 23.5 Å². The van der Waals surface area contributed by atoms with Crippen LogP contribution in [0, 0.1) is 5.82 Å². The van der Waals surface area contributed by atoms with E-state index in [1.54, 1.807) is 7.05 Å². The van der Waals surface area contributed by atoms with Gasteiger partial charge >= 0.3 is 0 Å². The lowest BCUT2D eigenvalue weighted by Gasteiger charge is -2.39. The minimum absolute atomic E-state index is 0. The van der Waals surface area contributed by atoms with Gasteiger partial charge in [-0.1, -0.05) is 12.1 Å². The van der Waals surface area contributed by atoms with Gasteiger partial charge in [-0.3, -0.25) is 4.99 Å². The predicted molar refractivity (Wildman–Crippen MR) is 113 cm³/mol. The Hall–Kier alpha value is -0.550. The van der Waals surface area contributed by atoms with Gasteiger partial charge in [0.05, 0.1) is 5.75 Å². The molecule has 0 radical (unpaired) electrons. The topological polar surface area (TPSA) is 61.8 Å². The molecule has 0 aliphatic carbocycles. The average molecular weight is 501 g/mol. The molecule has 1 fully saturated rings. The van der Waals surface area contributed by atoms with Crippen LogP contribution in [0.3, 0.4) is 0 Å². The van der Waals surface area contributed by atoms with Gasteiger partial charge in [-0.05, 0) is 26.0 Å². The molecule has 25 heavy (non-hydrogen) atoms. The van der Waals surface area contributed by atoms with Crippen molar-refractivity contribution in [3.8, 4) is 0 Å². The van der Waals surface area contributed by atoms with Crippen LogP contribution in [-0.2, 0) is 9.84 Å². The Morgan fingerprint density at radius 3 is 2.68 bits per heavy atom. The second kappa shape index (κ2) is 9.40. The second-order valence-corrected chi connectivity index (χ2v) is 10.1. The smallest absolute Gasteiger partial charge is 0.193 e. The van der Waals surface area contributed by atoms with Crippen molar-refractivity contribution in [1.29, 1.82) is 0 Å². The normalized spacial score (nSPS) is 17.8. The van der Waals surface area contributed by atoms with Gasteiger partial charge in [0.1, 0.15) is 10.7 Å². The number of benzene rings is 1. The van der Waals surface area contributed by atoms with Gasteiger partial charge in [-0.25, -0.2) is 12.8 Å². The summed E-state index contributed by atoms with van der Waals surface area (Å²) in [6.07, 6.45) is 0. The zero-order valence-corrected chi connectivity index (χ0v) is 18.6. The van der Waals surface area contributed by atoms with E-state index in [-0.39, 0.29) is 45.9 Å². The number of thioether (sulfide) groups is 1. The number of aliphatic imine (C=N–C) groups is 1. The lowest BCUT2D eigenvalue weighted by atomic mass is 10.2. The van der Waals surface area contributed by atoms with Crippen LogP contribution in [0.5, 0.6) is 0 Å². The fourth-order valence-corrected chi connectivity index (χ4v) is 4.99. The Kier molecular flexibility index (Phi) is 8.46. The number of rotatable bonds is 4. The molecule has 142 valence electrons. The summed E-state index contributed by atoms with van der Waals surface area (Å²) in [5, 5.41) is 3.09. The van der Waals surface area contributed by atoms with Crippen LogP contribution in [-0.4, -0.2) is 62.2 Å². The van der Waals surface area contributed by atoms with Crippen molar-refractivity contribution < 1.29 is 12.8 Å². The highest BCUT2D eigenvalue weighted by molar-refractivity contribution is 14.0. The molecule has 1 N–H and O–H groups in total. The number of guanidine groups is 1. The molecule has 0 spiro atoms. The zero-order chi connectivity index (χ0) is 17.8. The van der Waals surface area contributed by atoms with Crippen molar-refractivity contribution in [3.63, 3.8) is 0 Å². The van der Waals surface area contributed by atoms with Gasteiger partial charge in [0.2, 0.25) is 0 Å². The van der Waals surface area contributed by atoms with Crippen LogP contribution in [0.4, 0.5) is 4.39 Å². The van der Waals surface area contributed by atoms with E-state index in [9.17, 15) is 12.8 Å². The summed E-state index contributed by atoms with van der Waals surface area (Å²) in [4.78, 5) is 6.12. The number of halogens is 2. The lowest BCUT2D eigenvalue weighted by Crippen LogP contribution is -2.51. The molecule has 1 aromatic carbocycles. The second-order valence-electron chi connectivity index (χ2n) is 6.25. The van der Waals surface area contributed by atoms with Gasteiger partial charge in [0.25, 0.3) is 0 Å². The average Bonchev–Trinajstić information content (AvgIpc) is 2.51. The Balaban J connectivity index is 0.00000312. The molecule has 1 aromatic rings. The first-order chi connectivity index (χ1) is 11.2. The third-order valence-electron chi connectivity index (χ3n) is 3.76. The molecule has 1 heterocycles. The largest absolute Gasteiger partial charge is 0.355 e. The highest BCUT2D eigenvalue weighted by atomic mass is 127. The quantitative estimate of drug-likeness (QED) is 0.391. The third-order valence-corrected chi connectivity index (χ3v) is 6.80. The van der Waals surface area contributed by atoms with Crippen LogP contribution >= 0.6 is 35.7 Å². The zero-order valence-electron chi connectivity index (χ0n) is 14.7. The van der Waals surface area contributed by atoms with E-state index < -0.39 is 15.7 Å². The van der Waals surface area contributed by atoms with Crippen molar-refractivity contribution in [2.24, 2.45) is 4.99 Å². The molecule has 0 amide bonds. The molecule has 1 saturated heterocycles. The number of sulfone groups is 1. The fraction of sp³-hybridized carbons (Fsp3) is 0.562. The van der Waals surface area contributed by atoms with E-state index >= 15 is 0 Å². The number of nitrogens with zero attached hydrogens (tertiary/aromatic N) is 2. The molecule has 0 aromatic heterocycles. The fourth-order valence-electron chi connectivity index (χ4n) is 2.63. The standard InChI is InChI=1S/C16H24FN3O2S2.HI/c1-16(2)12-20(9-10-23-16)15(18-3)19-8-11-24(21,22)14-7-5-4-6-13(14)17;/h4-7H,8-12H2,1-3H3,(H,18,19);1H. The molecule has 0 unspecified atom stereocenters. The van der Waals surface area contributed by atoms with Crippen molar-refractivity contribution in [2.75, 3.05) is 38.2 Å². The number of nitrogens with one attached hydrogen (secondary N) is 1. The Labute approximate surface area is 170 Å². The molecule has 1 aliphatic rings. The number of hydrogen-bond acceptors (Lipinski definition) is 4. The molecular formula is C16H25FIN3O2S2. The van der Waals surface area contributed by atoms with Gasteiger partial charge in [-0.15, -0.1) is 24.0 Å². The van der Waals surface area contributed by atoms with Crippen molar-refractivity contribution >= 4 is 51.5 Å². The van der Waals surface area contributed by atoms with E-state index in [1.165, 1.54) is 18.2 Å². The molecule has 1 aliphatic heterocycles. The summed E-state index contributed by atoms with van der Waals surface area (Å²) in [6, 6.07) is 5.46. The summed E-state index contributed by atoms with van der Waals surface area (Å²) < 4.78 is 38.3. The van der Waals surface area contributed by atoms with Crippen LogP contribution in [0.1, 0.15) is 13.8 Å². The van der Waals surface area contributed by atoms with Crippen LogP contribution in [0.2, 0.25) is 0 Å². The van der Waals surface area contributed by atoms with Crippen LogP contribution in [0.15, 0.2) is 34.2 Å². The highest BCUT2D eigenvalue weighted by Gasteiger charge is 2.28. The van der Waals surface area contributed by atoms with Crippen molar-refractivity contribution in [3.05, 3.63) is 30.1 Å². The first kappa shape index (κ1) is 22.5. The lowest BCUT2D eigenvalue weighted by molar-refractivity contribution is 0.377. The van der Waals surface area contributed by atoms with Gasteiger partial charge < -0.3 is 10.2 Å². The molecular weight excluding hydrogens is 476 g/mol. The monoisotopic (exact) mass is 501 g/mol. The minimum atomic E-state index is -3.66. The van der Waals surface area contributed by atoms with Gasteiger partial charge in [0.15, 0.2) is 15.8 Å². The first-order valence-corrected chi connectivity index (χ1v) is 10.5. The highest BCUT2D eigenvalue weighted by Crippen LogP contribution is 2.29. The van der Waals surface area contributed by atoms with E-state index in [2.05, 4.69) is 29.1 Å². The molecule has 5 nitrogen and oxygen atoms in total. The third kappa shape index (κ3) is 6.28. The van der Waals surface area contributed by atoms with E-state index in [0.29, 0.717) is 5.96 Å². The molecule has 0 saturated carbocycles. The van der Waals surface area contributed by atoms with E-state index in [0.717, 1.165) is 24.9 Å². The molecule has 2 rings (SSSR count). The first-order valence-electron chi connectivity index (χ1n) is 7.82. The summed E-state index contributed by atoms with van der Waals surface area (Å²) in [5.74, 6) is 0.795. The van der Waals surface area contributed by atoms with Crippen LogP contribution < -0.4 is 5.32 Å². The maximum atomic E-state index is 13.7. The van der Waals surface area contributed by atoms with Gasteiger partial charge in [0, 0.05) is 37.2 Å². The molecule has 9 heteroatoms. The van der Waals surface area contributed by atoms with Crippen LogP contribution in [0.25, 0.3) is 0 Å². The summed E-state index contributed by atoms with van der Waals surface area (Å²) >= 11 is 1.92. The number of hydrogen-bond donors (Lipinski definition) is 1. The Morgan fingerprint density at radius 1 is 1.40 bits per heavy atom. The van der Waals surface area contributed by atoms with E-state index in [4.69, 9.17) is 0 Å². The molecule has 0 bridgehead atoms. The minimum Gasteiger partial charge on any atom is -0.355 e.